The van der Waals surface area contributed by atoms with Crippen molar-refractivity contribution in [3.05, 3.63) is 34.9 Å². The van der Waals surface area contributed by atoms with Crippen LogP contribution in [0.3, 0.4) is 0 Å². The van der Waals surface area contributed by atoms with E-state index >= 15 is 0 Å². The summed E-state index contributed by atoms with van der Waals surface area (Å²) in [7, 11) is -5.90. The van der Waals surface area contributed by atoms with Crippen molar-refractivity contribution in [2.45, 2.75) is 55.8 Å². The summed E-state index contributed by atoms with van der Waals surface area (Å²) < 4.78 is 50.5. The second kappa shape index (κ2) is 11.9. The third-order valence-corrected chi connectivity index (χ3v) is 8.25. The first kappa shape index (κ1) is 26.8. The van der Waals surface area contributed by atoms with Crippen molar-refractivity contribution in [2.24, 2.45) is 0 Å². The second-order valence-electron chi connectivity index (χ2n) is 7.87. The third kappa shape index (κ3) is 6.53. The molecule has 0 radical (unpaired) electrons. The topological polar surface area (TPSA) is 163 Å². The van der Waals surface area contributed by atoms with Gasteiger partial charge in [-0.25, -0.2) is 4.57 Å². The van der Waals surface area contributed by atoms with Gasteiger partial charge in [0.1, 0.15) is 30.5 Å². The number of aliphatic hydroxyl groups is 4. The van der Waals surface area contributed by atoms with Crippen LogP contribution in [0.5, 0.6) is 0 Å². The standard InChI is InChI=1S/C19H27ClO12P2/c20-12-4-1-3-11(9-12)14-5-8-28-34(25,32-14)29-10-13(21)18-16(23)15(22)17(24)19(30-18)31-33-26-6-2-7-27-33/h1,3-4,9,13-19,21-24H,2,5-8,10H2/t13-,14+,15+,16+,17+,18-,19+,34-/m1/s1. The summed E-state index contributed by atoms with van der Waals surface area (Å²) >= 11 is 6.01. The van der Waals surface area contributed by atoms with Crippen molar-refractivity contribution < 1.29 is 56.9 Å². The Hall–Kier alpha value is -0.270. The van der Waals surface area contributed by atoms with Crippen molar-refractivity contribution in [1.82, 2.24) is 0 Å². The molecule has 1 aromatic carbocycles. The molecule has 3 fully saturated rings. The maximum absolute atomic E-state index is 13.0. The number of benzene rings is 1. The van der Waals surface area contributed by atoms with E-state index in [1.165, 1.54) is 0 Å². The molecule has 3 heterocycles. The van der Waals surface area contributed by atoms with Crippen LogP contribution in [0.15, 0.2) is 24.3 Å². The fourth-order valence-corrected chi connectivity index (χ4v) is 6.27. The smallest absolute Gasteiger partial charge is 0.388 e. The fraction of sp³-hybridized carbons (Fsp3) is 0.684. The van der Waals surface area contributed by atoms with Gasteiger partial charge in [-0.05, 0) is 24.1 Å². The summed E-state index contributed by atoms with van der Waals surface area (Å²) in [6, 6.07) is 6.87. The molecule has 4 rings (SSSR count). The number of ether oxygens (including phenoxy) is 1. The molecule has 34 heavy (non-hydrogen) atoms. The maximum atomic E-state index is 13.0. The van der Waals surface area contributed by atoms with Gasteiger partial charge in [-0.3, -0.25) is 18.1 Å². The van der Waals surface area contributed by atoms with Crippen LogP contribution in [0.2, 0.25) is 5.02 Å². The average molecular weight is 545 g/mol. The minimum atomic E-state index is -4.07. The highest BCUT2D eigenvalue weighted by molar-refractivity contribution is 7.48. The van der Waals surface area contributed by atoms with Crippen LogP contribution in [0.25, 0.3) is 0 Å². The molecule has 3 saturated heterocycles. The van der Waals surface area contributed by atoms with Gasteiger partial charge < -0.3 is 34.2 Å². The van der Waals surface area contributed by atoms with E-state index in [0.717, 1.165) is 0 Å². The van der Waals surface area contributed by atoms with Crippen molar-refractivity contribution in [1.29, 1.82) is 0 Å². The van der Waals surface area contributed by atoms with Crippen LogP contribution in [0.4, 0.5) is 0 Å². The van der Waals surface area contributed by atoms with E-state index in [1.54, 1.807) is 24.3 Å². The Bertz CT molecular complexity index is 858. The predicted octanol–water partition coefficient (Wildman–Crippen LogP) is 1.79. The number of rotatable bonds is 7. The second-order valence-corrected chi connectivity index (χ2v) is 11.1. The molecule has 1 aromatic rings. The van der Waals surface area contributed by atoms with E-state index in [0.29, 0.717) is 36.6 Å². The van der Waals surface area contributed by atoms with E-state index in [4.69, 9.17) is 43.5 Å². The number of phosphoric ester groups is 1. The first-order valence-corrected chi connectivity index (χ1v) is 13.6. The molecule has 0 amide bonds. The fourth-order valence-electron chi connectivity index (χ4n) is 3.57. The number of aliphatic hydroxyl groups excluding tert-OH is 4. The molecule has 3 aliphatic heterocycles. The Kier molecular flexibility index (Phi) is 9.34. The zero-order valence-electron chi connectivity index (χ0n) is 17.9. The summed E-state index contributed by atoms with van der Waals surface area (Å²) in [6.45, 7) is 0.242. The first-order chi connectivity index (χ1) is 16.3. The molecule has 15 heteroatoms. The van der Waals surface area contributed by atoms with Gasteiger partial charge in [0.15, 0.2) is 6.29 Å². The van der Waals surface area contributed by atoms with Gasteiger partial charge in [-0.1, -0.05) is 23.7 Å². The Morgan fingerprint density at radius 1 is 1.15 bits per heavy atom. The van der Waals surface area contributed by atoms with E-state index in [1.807, 2.05) is 0 Å². The predicted molar refractivity (Wildman–Crippen MR) is 117 cm³/mol. The molecule has 0 aliphatic carbocycles. The summed E-state index contributed by atoms with van der Waals surface area (Å²) in [5.74, 6) is 0. The quantitative estimate of drug-likeness (QED) is 0.369. The van der Waals surface area contributed by atoms with E-state index in [9.17, 15) is 25.0 Å². The van der Waals surface area contributed by atoms with Gasteiger partial charge in [-0.2, -0.15) is 0 Å². The molecular weight excluding hydrogens is 518 g/mol. The van der Waals surface area contributed by atoms with Gasteiger partial charge in [-0.15, -0.1) is 0 Å². The lowest BCUT2D eigenvalue weighted by Gasteiger charge is -2.42. The number of halogens is 1. The van der Waals surface area contributed by atoms with Gasteiger partial charge in [0.25, 0.3) is 0 Å². The first-order valence-electron chi connectivity index (χ1n) is 10.7. The third-order valence-electron chi connectivity index (χ3n) is 5.37. The lowest BCUT2D eigenvalue weighted by Crippen LogP contribution is -2.61. The Balaban J connectivity index is 1.35. The Morgan fingerprint density at radius 2 is 1.91 bits per heavy atom. The van der Waals surface area contributed by atoms with E-state index in [-0.39, 0.29) is 6.61 Å². The lowest BCUT2D eigenvalue weighted by molar-refractivity contribution is -0.292. The molecule has 0 unspecified atom stereocenters. The molecule has 12 nitrogen and oxygen atoms in total. The minimum absolute atomic E-state index is 0.0808. The molecule has 0 aromatic heterocycles. The largest absolute Gasteiger partial charge is 0.475 e. The Labute approximate surface area is 202 Å². The van der Waals surface area contributed by atoms with Crippen molar-refractivity contribution in [3.63, 3.8) is 0 Å². The van der Waals surface area contributed by atoms with Gasteiger partial charge in [0.05, 0.1) is 32.5 Å². The average Bonchev–Trinajstić information content (AvgIpc) is 2.83. The van der Waals surface area contributed by atoms with E-state index in [2.05, 4.69) is 0 Å². The number of hydrogen-bond acceptors (Lipinski definition) is 12. The zero-order chi connectivity index (χ0) is 24.3. The molecule has 3 aliphatic rings. The Morgan fingerprint density at radius 3 is 2.65 bits per heavy atom. The van der Waals surface area contributed by atoms with Crippen molar-refractivity contribution in [3.8, 4) is 0 Å². The van der Waals surface area contributed by atoms with Crippen LogP contribution in [-0.2, 0) is 36.4 Å². The maximum Gasteiger partial charge on any atom is 0.475 e. The summed E-state index contributed by atoms with van der Waals surface area (Å²) in [6.07, 6.45) is -9.02. The molecule has 0 bridgehead atoms. The van der Waals surface area contributed by atoms with Crippen LogP contribution >= 0.6 is 28.0 Å². The number of hydrogen-bond donors (Lipinski definition) is 4. The summed E-state index contributed by atoms with van der Waals surface area (Å²) in [5, 5.41) is 41.8. The van der Waals surface area contributed by atoms with Gasteiger partial charge in [0.2, 0.25) is 0 Å². The molecule has 4 N–H and O–H groups in total. The minimum Gasteiger partial charge on any atom is -0.388 e. The molecule has 0 spiro atoms. The summed E-state index contributed by atoms with van der Waals surface area (Å²) in [5.41, 5.74) is 0.692. The number of phosphoric acid groups is 1. The SMILES string of the molecule is O=[P@]1(OC[C@@H](O)[C@H]2O[C@@H](OP3OCCCO3)[C@@H](O)[C@@H](O)[C@@H]2O)OCC[C@@H](c2cccc(Cl)c2)O1. The normalized spacial score (nSPS) is 38.5. The van der Waals surface area contributed by atoms with Crippen LogP contribution < -0.4 is 0 Å². The molecule has 0 saturated carbocycles. The molecule has 8 atom stereocenters. The van der Waals surface area contributed by atoms with Gasteiger partial charge >= 0.3 is 16.4 Å². The zero-order valence-corrected chi connectivity index (χ0v) is 20.5. The van der Waals surface area contributed by atoms with Gasteiger partial charge in [0, 0.05) is 11.4 Å². The van der Waals surface area contributed by atoms with Crippen molar-refractivity contribution in [2.75, 3.05) is 26.4 Å². The molecular formula is C19H27ClO12P2. The lowest BCUT2D eigenvalue weighted by atomic mass is 9.96. The summed E-state index contributed by atoms with van der Waals surface area (Å²) in [4.78, 5) is 0. The van der Waals surface area contributed by atoms with E-state index < -0.39 is 65.9 Å². The highest BCUT2D eigenvalue weighted by atomic mass is 35.5. The highest BCUT2D eigenvalue weighted by Gasteiger charge is 2.49. The van der Waals surface area contributed by atoms with Crippen molar-refractivity contribution >= 4 is 28.0 Å². The highest BCUT2D eigenvalue weighted by Crippen LogP contribution is 2.57. The van der Waals surface area contributed by atoms with Crippen LogP contribution in [0, 0.1) is 0 Å². The van der Waals surface area contributed by atoms with Crippen LogP contribution in [-0.4, -0.2) is 83.7 Å². The van der Waals surface area contributed by atoms with Crippen LogP contribution in [0.1, 0.15) is 24.5 Å². The molecule has 192 valence electrons. The monoisotopic (exact) mass is 544 g/mol.